The van der Waals surface area contributed by atoms with E-state index in [2.05, 4.69) is 4.98 Å². The Kier molecular flexibility index (Phi) is 3.49. The molecule has 0 unspecified atom stereocenters. The lowest BCUT2D eigenvalue weighted by Crippen LogP contribution is -2.32. The van der Waals surface area contributed by atoms with Gasteiger partial charge in [0.1, 0.15) is 23.5 Å². The lowest BCUT2D eigenvalue weighted by atomic mass is 9.85. The summed E-state index contributed by atoms with van der Waals surface area (Å²) in [6.07, 6.45) is 0.0383. The molecule has 1 N–H and O–H groups in total. The summed E-state index contributed by atoms with van der Waals surface area (Å²) in [5, 5.41) is 11.7. The monoisotopic (exact) mass is 380 g/mol. The molecule has 1 aromatic carbocycles. The number of rotatable bonds is 1. The number of esters is 1. The van der Waals surface area contributed by atoms with E-state index in [1.807, 2.05) is 6.07 Å². The van der Waals surface area contributed by atoms with Crippen molar-refractivity contribution in [2.45, 2.75) is 38.5 Å². The van der Waals surface area contributed by atoms with Gasteiger partial charge in [-0.25, -0.2) is 9.37 Å². The highest BCUT2D eigenvalue weighted by molar-refractivity contribution is 5.84. The molecule has 0 saturated carbocycles. The molecular weight excluding hydrogens is 363 g/mol. The number of para-hydroxylation sites is 1. The first-order chi connectivity index (χ1) is 13.4. The Hall–Kier alpha value is -3.06. The molecule has 2 aromatic heterocycles. The van der Waals surface area contributed by atoms with E-state index in [1.54, 1.807) is 29.7 Å². The van der Waals surface area contributed by atoms with E-state index in [0.29, 0.717) is 28.9 Å². The minimum Gasteiger partial charge on any atom is -0.460 e. The fourth-order valence-electron chi connectivity index (χ4n) is 4.17. The number of hydrogen-bond donors (Lipinski definition) is 1. The van der Waals surface area contributed by atoms with E-state index >= 15 is 0 Å². The molecular formula is C21H17FN2O4. The summed E-state index contributed by atoms with van der Waals surface area (Å²) in [5.74, 6) is -0.975. The Morgan fingerprint density at radius 1 is 1.32 bits per heavy atom. The van der Waals surface area contributed by atoms with Crippen LogP contribution in [0.15, 0.2) is 35.1 Å². The number of fused-ring (bicyclic) bond motifs is 5. The first-order valence-corrected chi connectivity index (χ1v) is 9.15. The maximum atomic E-state index is 14.2. The van der Waals surface area contributed by atoms with Crippen LogP contribution < -0.4 is 5.56 Å². The molecule has 0 saturated heterocycles. The standard InChI is InChI=1S/C21H17FN2O4/c1-2-21(27)8-17(25)28-10-13-14(21)7-16-19-12(9-24(16)20(13)26)6-11-4-3-5-15(22)18(11)23-19/h3-7,27H,2,8-10H2,1H3/t21-/m1/s1. The fourth-order valence-corrected chi connectivity index (χ4v) is 4.17. The van der Waals surface area contributed by atoms with Crippen molar-refractivity contribution in [2.24, 2.45) is 0 Å². The zero-order valence-electron chi connectivity index (χ0n) is 15.2. The number of halogens is 1. The summed E-state index contributed by atoms with van der Waals surface area (Å²) in [4.78, 5) is 29.6. The quantitative estimate of drug-likeness (QED) is 0.514. The number of aromatic nitrogens is 2. The topological polar surface area (TPSA) is 81.4 Å². The molecule has 6 nitrogen and oxygen atoms in total. The predicted octanol–water partition coefficient (Wildman–Crippen LogP) is 2.61. The van der Waals surface area contributed by atoms with Crippen LogP contribution >= 0.6 is 0 Å². The van der Waals surface area contributed by atoms with Crippen molar-refractivity contribution < 1.29 is 19.0 Å². The Morgan fingerprint density at radius 2 is 2.14 bits per heavy atom. The average Bonchev–Trinajstić information content (AvgIpc) is 2.97. The van der Waals surface area contributed by atoms with Gasteiger partial charge in [-0.3, -0.25) is 9.59 Å². The van der Waals surface area contributed by atoms with Crippen molar-refractivity contribution in [1.82, 2.24) is 9.55 Å². The van der Waals surface area contributed by atoms with Crippen LogP contribution in [-0.2, 0) is 28.3 Å². The Balaban J connectivity index is 1.80. The van der Waals surface area contributed by atoms with Gasteiger partial charge in [0.25, 0.3) is 5.56 Å². The average molecular weight is 380 g/mol. The molecule has 5 rings (SSSR count). The fraction of sp³-hybridized carbons (Fsp3) is 0.286. The van der Waals surface area contributed by atoms with Crippen molar-refractivity contribution in [1.29, 1.82) is 0 Å². The summed E-state index contributed by atoms with van der Waals surface area (Å²) in [6, 6.07) is 8.29. The molecule has 142 valence electrons. The first kappa shape index (κ1) is 17.1. The van der Waals surface area contributed by atoms with Crippen LogP contribution in [0.1, 0.15) is 36.5 Å². The van der Waals surface area contributed by atoms with Gasteiger partial charge in [-0.1, -0.05) is 19.1 Å². The smallest absolute Gasteiger partial charge is 0.309 e. The third kappa shape index (κ3) is 2.26. The van der Waals surface area contributed by atoms with Gasteiger partial charge in [0.05, 0.1) is 29.9 Å². The molecule has 2 aliphatic rings. The molecule has 0 bridgehead atoms. The summed E-state index contributed by atoms with van der Waals surface area (Å²) in [5.41, 5.74) is 0.952. The SMILES string of the molecule is CC[C@@]1(O)CC(=O)OCc2c1cc1n(c2=O)Cc2cc3cccc(F)c3nc2-1. The van der Waals surface area contributed by atoms with Crippen molar-refractivity contribution >= 4 is 16.9 Å². The molecule has 28 heavy (non-hydrogen) atoms. The number of nitrogens with zero attached hydrogens (tertiary/aromatic N) is 2. The van der Waals surface area contributed by atoms with Gasteiger partial charge in [-0.2, -0.15) is 0 Å². The lowest BCUT2D eigenvalue weighted by molar-refractivity contribution is -0.149. The number of cyclic esters (lactones) is 1. The van der Waals surface area contributed by atoms with Crippen LogP contribution in [0, 0.1) is 5.82 Å². The third-order valence-corrected chi connectivity index (χ3v) is 5.75. The van der Waals surface area contributed by atoms with Crippen LogP contribution in [0.3, 0.4) is 0 Å². The van der Waals surface area contributed by atoms with Crippen LogP contribution in [0.5, 0.6) is 0 Å². The van der Waals surface area contributed by atoms with Crippen LogP contribution in [0.4, 0.5) is 4.39 Å². The minimum absolute atomic E-state index is 0.171. The van der Waals surface area contributed by atoms with E-state index in [4.69, 9.17) is 4.74 Å². The van der Waals surface area contributed by atoms with Crippen molar-refractivity contribution in [3.05, 3.63) is 63.2 Å². The number of hydrogen-bond acceptors (Lipinski definition) is 5. The number of carbonyl (C=O) groups is 1. The van der Waals surface area contributed by atoms with Crippen molar-refractivity contribution in [2.75, 3.05) is 0 Å². The van der Waals surface area contributed by atoms with E-state index in [-0.39, 0.29) is 36.1 Å². The zero-order chi connectivity index (χ0) is 19.6. The van der Waals surface area contributed by atoms with Crippen LogP contribution in [0.2, 0.25) is 0 Å². The van der Waals surface area contributed by atoms with E-state index in [1.165, 1.54) is 6.07 Å². The second-order valence-electron chi connectivity index (χ2n) is 7.34. The molecule has 0 aliphatic carbocycles. The molecule has 2 aliphatic heterocycles. The highest BCUT2D eigenvalue weighted by Crippen LogP contribution is 2.39. The second-order valence-corrected chi connectivity index (χ2v) is 7.34. The largest absolute Gasteiger partial charge is 0.460 e. The van der Waals surface area contributed by atoms with E-state index in [0.717, 1.165) is 5.56 Å². The summed E-state index contributed by atoms with van der Waals surface area (Å²) in [7, 11) is 0. The summed E-state index contributed by atoms with van der Waals surface area (Å²) < 4.78 is 20.9. The van der Waals surface area contributed by atoms with Gasteiger partial charge in [-0.05, 0) is 30.2 Å². The van der Waals surface area contributed by atoms with Crippen molar-refractivity contribution in [3.8, 4) is 11.4 Å². The first-order valence-electron chi connectivity index (χ1n) is 9.15. The maximum absolute atomic E-state index is 14.2. The Morgan fingerprint density at radius 3 is 2.93 bits per heavy atom. The molecule has 7 heteroatoms. The second kappa shape index (κ2) is 5.72. The highest BCUT2D eigenvalue weighted by Gasteiger charge is 2.39. The molecule has 0 spiro atoms. The summed E-state index contributed by atoms with van der Waals surface area (Å²) in [6.45, 7) is 1.88. The summed E-state index contributed by atoms with van der Waals surface area (Å²) >= 11 is 0. The van der Waals surface area contributed by atoms with Crippen LogP contribution in [0.25, 0.3) is 22.3 Å². The third-order valence-electron chi connectivity index (χ3n) is 5.75. The molecule has 0 amide bonds. The number of ether oxygens (including phenoxy) is 1. The van der Waals surface area contributed by atoms with Crippen LogP contribution in [-0.4, -0.2) is 20.6 Å². The number of benzene rings is 1. The zero-order valence-corrected chi connectivity index (χ0v) is 15.2. The highest BCUT2D eigenvalue weighted by atomic mass is 19.1. The molecule has 1 atom stereocenters. The van der Waals surface area contributed by atoms with E-state index < -0.39 is 17.4 Å². The molecule has 0 radical (unpaired) electrons. The Labute approximate surface area is 159 Å². The number of aliphatic hydroxyl groups is 1. The predicted molar refractivity (Wildman–Crippen MR) is 99.1 cm³/mol. The van der Waals surface area contributed by atoms with Crippen molar-refractivity contribution in [3.63, 3.8) is 0 Å². The maximum Gasteiger partial charge on any atom is 0.309 e. The minimum atomic E-state index is -1.48. The van der Waals surface area contributed by atoms with E-state index in [9.17, 15) is 19.1 Å². The van der Waals surface area contributed by atoms with Gasteiger partial charge in [0.15, 0.2) is 0 Å². The van der Waals surface area contributed by atoms with Gasteiger partial charge in [-0.15, -0.1) is 0 Å². The molecule has 4 heterocycles. The lowest BCUT2D eigenvalue weighted by Gasteiger charge is -2.26. The van der Waals surface area contributed by atoms with Gasteiger partial charge < -0.3 is 14.4 Å². The van der Waals surface area contributed by atoms with Gasteiger partial charge in [0.2, 0.25) is 0 Å². The molecule has 0 fully saturated rings. The van der Waals surface area contributed by atoms with Gasteiger partial charge in [0, 0.05) is 10.9 Å². The number of carbonyl (C=O) groups excluding carboxylic acids is 1. The Bertz CT molecular complexity index is 1230. The number of pyridine rings is 2. The normalized spacial score (nSPS) is 20.3. The molecule has 3 aromatic rings. The van der Waals surface area contributed by atoms with Gasteiger partial charge >= 0.3 is 5.97 Å².